The Morgan fingerprint density at radius 1 is 0.966 bits per heavy atom. The van der Waals surface area contributed by atoms with E-state index in [1.165, 1.54) is 44.9 Å². The number of nitrogens with one attached hydrogen (secondary N) is 1. The second kappa shape index (κ2) is 7.93. The van der Waals surface area contributed by atoms with Crippen molar-refractivity contribution in [2.45, 2.75) is 76.4 Å². The summed E-state index contributed by atoms with van der Waals surface area (Å²) in [5.41, 5.74) is 2.17. The van der Waals surface area contributed by atoms with Gasteiger partial charge in [-0.2, -0.15) is 0 Å². The van der Waals surface area contributed by atoms with Gasteiger partial charge in [0.05, 0.1) is 18.4 Å². The summed E-state index contributed by atoms with van der Waals surface area (Å²) >= 11 is 0. The molecule has 3 aromatic rings. The largest absolute Gasteiger partial charge is 0.345 e. The van der Waals surface area contributed by atoms with Crippen molar-refractivity contribution in [2.24, 2.45) is 0 Å². The average molecular weight is 393 g/mol. The minimum Gasteiger partial charge on any atom is -0.345 e. The molecule has 1 N–H and O–H groups in total. The Hall–Kier alpha value is -2.77. The number of amides is 1. The maximum Gasteiger partial charge on any atom is 0.253 e. The van der Waals surface area contributed by atoms with Crippen molar-refractivity contribution >= 4 is 17.1 Å². The van der Waals surface area contributed by atoms with Gasteiger partial charge in [0.15, 0.2) is 11.5 Å². The molecule has 2 aliphatic carbocycles. The highest BCUT2D eigenvalue weighted by atomic mass is 16.1. The zero-order chi connectivity index (χ0) is 19.6. The normalized spacial score (nSPS) is 18.5. The summed E-state index contributed by atoms with van der Waals surface area (Å²) in [4.78, 5) is 21.7. The second-order valence-electron chi connectivity index (χ2n) is 8.29. The Bertz CT molecular complexity index is 996. The predicted octanol–water partition coefficient (Wildman–Crippen LogP) is 3.57. The Morgan fingerprint density at radius 3 is 2.48 bits per heavy atom. The third-order valence-electron chi connectivity index (χ3n) is 6.42. The molecule has 8 heteroatoms. The van der Waals surface area contributed by atoms with Crippen molar-refractivity contribution in [1.82, 2.24) is 34.6 Å². The van der Waals surface area contributed by atoms with E-state index in [-0.39, 0.29) is 5.91 Å². The number of hydrogen-bond donors (Lipinski definition) is 1. The maximum absolute atomic E-state index is 12.7. The number of fused-ring (bicyclic) bond motifs is 1. The van der Waals surface area contributed by atoms with Gasteiger partial charge in [-0.15, -0.1) is 10.2 Å². The lowest BCUT2D eigenvalue weighted by molar-refractivity contribution is 0.0949. The Kier molecular flexibility index (Phi) is 4.99. The molecule has 0 bridgehead atoms. The molecule has 152 valence electrons. The van der Waals surface area contributed by atoms with Gasteiger partial charge in [-0.25, -0.2) is 9.97 Å². The smallest absolute Gasteiger partial charge is 0.253 e. The summed E-state index contributed by atoms with van der Waals surface area (Å²) in [5.74, 6) is 0.651. The van der Waals surface area contributed by atoms with Crippen LogP contribution in [-0.4, -0.2) is 35.2 Å². The lowest BCUT2D eigenvalue weighted by Crippen LogP contribution is -2.26. The van der Waals surface area contributed by atoms with E-state index in [2.05, 4.69) is 34.6 Å². The summed E-state index contributed by atoms with van der Waals surface area (Å²) in [6, 6.07) is 2.76. The number of carbonyl (C=O) groups is 1. The van der Waals surface area contributed by atoms with Crippen molar-refractivity contribution in [3.05, 3.63) is 36.3 Å². The van der Waals surface area contributed by atoms with E-state index in [0.29, 0.717) is 24.2 Å². The Morgan fingerprint density at radius 2 is 1.69 bits per heavy atom. The highest BCUT2D eigenvalue weighted by Gasteiger charge is 2.21. The van der Waals surface area contributed by atoms with Gasteiger partial charge < -0.3 is 14.5 Å². The Labute approximate surface area is 169 Å². The SMILES string of the molecule is O=C(NCc1nncn1C1CCCCC1)c1cnc2c(c1)ncn2C1CCCC1. The van der Waals surface area contributed by atoms with Crippen LogP contribution in [0.25, 0.3) is 11.2 Å². The average Bonchev–Trinajstić information content (AvgIpc) is 3.52. The summed E-state index contributed by atoms with van der Waals surface area (Å²) in [6.45, 7) is 0.365. The van der Waals surface area contributed by atoms with E-state index in [9.17, 15) is 4.79 Å². The van der Waals surface area contributed by atoms with Crippen molar-refractivity contribution < 1.29 is 4.79 Å². The molecule has 0 aliphatic heterocycles. The molecule has 2 saturated carbocycles. The predicted molar refractivity (Wildman–Crippen MR) is 108 cm³/mol. The number of rotatable bonds is 5. The zero-order valence-electron chi connectivity index (χ0n) is 16.6. The van der Waals surface area contributed by atoms with Gasteiger partial charge in [-0.1, -0.05) is 32.1 Å². The van der Waals surface area contributed by atoms with E-state index in [4.69, 9.17) is 0 Å². The van der Waals surface area contributed by atoms with Crippen LogP contribution in [0.15, 0.2) is 24.9 Å². The molecule has 0 aromatic carbocycles. The molecule has 0 spiro atoms. The van der Waals surface area contributed by atoms with Gasteiger partial charge in [0.2, 0.25) is 0 Å². The lowest BCUT2D eigenvalue weighted by atomic mass is 9.95. The fourth-order valence-electron chi connectivity index (χ4n) is 4.81. The molecule has 29 heavy (non-hydrogen) atoms. The quantitative estimate of drug-likeness (QED) is 0.715. The minimum absolute atomic E-state index is 0.159. The fourth-order valence-corrected chi connectivity index (χ4v) is 4.81. The number of imidazole rings is 1. The molecule has 0 radical (unpaired) electrons. The van der Waals surface area contributed by atoms with Crippen LogP contribution >= 0.6 is 0 Å². The molecule has 2 aliphatic rings. The number of hydrogen-bond acceptors (Lipinski definition) is 5. The van der Waals surface area contributed by atoms with Crippen LogP contribution in [0, 0.1) is 0 Å². The number of carbonyl (C=O) groups excluding carboxylic acids is 1. The molecule has 2 fully saturated rings. The van der Waals surface area contributed by atoms with Crippen LogP contribution in [0.1, 0.15) is 86.1 Å². The van der Waals surface area contributed by atoms with E-state index < -0.39 is 0 Å². The number of nitrogens with zero attached hydrogens (tertiary/aromatic N) is 6. The first-order valence-corrected chi connectivity index (χ1v) is 10.8. The summed E-state index contributed by atoms with van der Waals surface area (Å²) in [7, 11) is 0. The molecule has 3 heterocycles. The van der Waals surface area contributed by atoms with E-state index >= 15 is 0 Å². The van der Waals surface area contributed by atoms with Crippen molar-refractivity contribution in [2.75, 3.05) is 0 Å². The molecular weight excluding hydrogens is 366 g/mol. The van der Waals surface area contributed by atoms with Gasteiger partial charge in [-0.05, 0) is 31.7 Å². The molecular formula is C21H27N7O. The van der Waals surface area contributed by atoms with Gasteiger partial charge in [-0.3, -0.25) is 4.79 Å². The van der Waals surface area contributed by atoms with E-state index in [1.54, 1.807) is 12.5 Å². The topological polar surface area (TPSA) is 90.5 Å². The molecule has 3 aromatic heterocycles. The highest BCUT2D eigenvalue weighted by Crippen LogP contribution is 2.31. The first-order chi connectivity index (χ1) is 14.3. The van der Waals surface area contributed by atoms with Gasteiger partial charge >= 0.3 is 0 Å². The molecule has 1 amide bonds. The fraction of sp³-hybridized carbons (Fsp3) is 0.571. The van der Waals surface area contributed by atoms with Crippen LogP contribution < -0.4 is 5.32 Å². The summed E-state index contributed by atoms with van der Waals surface area (Å²) in [5, 5.41) is 11.3. The van der Waals surface area contributed by atoms with Crippen LogP contribution in [-0.2, 0) is 6.54 Å². The first-order valence-electron chi connectivity index (χ1n) is 10.8. The summed E-state index contributed by atoms with van der Waals surface area (Å²) in [6.07, 6.45) is 16.3. The number of pyridine rings is 1. The number of aromatic nitrogens is 6. The molecule has 5 rings (SSSR count). The van der Waals surface area contributed by atoms with Crippen molar-refractivity contribution in [3.8, 4) is 0 Å². The van der Waals surface area contributed by atoms with E-state index in [0.717, 1.165) is 29.8 Å². The molecule has 0 atom stereocenters. The van der Waals surface area contributed by atoms with Crippen LogP contribution in [0.2, 0.25) is 0 Å². The van der Waals surface area contributed by atoms with Crippen LogP contribution in [0.3, 0.4) is 0 Å². The first kappa shape index (κ1) is 18.3. The van der Waals surface area contributed by atoms with Gasteiger partial charge in [0.1, 0.15) is 11.8 Å². The van der Waals surface area contributed by atoms with E-state index in [1.807, 2.05) is 12.4 Å². The summed E-state index contributed by atoms with van der Waals surface area (Å²) < 4.78 is 4.29. The van der Waals surface area contributed by atoms with Crippen molar-refractivity contribution in [1.29, 1.82) is 0 Å². The molecule has 0 saturated heterocycles. The molecule has 0 unspecified atom stereocenters. The zero-order valence-corrected chi connectivity index (χ0v) is 16.6. The van der Waals surface area contributed by atoms with Gasteiger partial charge in [0.25, 0.3) is 5.91 Å². The third-order valence-corrected chi connectivity index (χ3v) is 6.42. The lowest BCUT2D eigenvalue weighted by Gasteiger charge is -2.24. The van der Waals surface area contributed by atoms with Crippen LogP contribution in [0.4, 0.5) is 0 Å². The second-order valence-corrected chi connectivity index (χ2v) is 8.29. The van der Waals surface area contributed by atoms with Crippen LogP contribution in [0.5, 0.6) is 0 Å². The highest BCUT2D eigenvalue weighted by molar-refractivity contribution is 5.96. The minimum atomic E-state index is -0.159. The maximum atomic E-state index is 12.7. The monoisotopic (exact) mass is 393 g/mol. The Balaban J connectivity index is 1.28. The third kappa shape index (κ3) is 3.63. The standard InChI is InChI=1S/C21H27N7O/c29-21(23-12-19-26-25-14-27(19)16-6-2-1-3-7-16)15-10-18-20(22-11-15)28(13-24-18)17-8-4-5-9-17/h10-11,13-14,16-17H,1-9,12H2,(H,23,29). The van der Waals surface area contributed by atoms with Crippen molar-refractivity contribution in [3.63, 3.8) is 0 Å². The molecule has 8 nitrogen and oxygen atoms in total. The van der Waals surface area contributed by atoms with Gasteiger partial charge in [0, 0.05) is 18.3 Å².